The van der Waals surface area contributed by atoms with Crippen LogP contribution in [0.5, 0.6) is 17.2 Å². The van der Waals surface area contributed by atoms with Crippen molar-refractivity contribution in [3.63, 3.8) is 0 Å². The van der Waals surface area contributed by atoms with Crippen LogP contribution in [0.2, 0.25) is 0 Å². The number of rotatable bonds is 4. The molecule has 0 unspecified atom stereocenters. The van der Waals surface area contributed by atoms with E-state index in [9.17, 15) is 24.9 Å². The number of benzene rings is 3. The molecule has 0 radical (unpaired) electrons. The Kier molecular flexibility index (Phi) is 7.53. The molecule has 34 heavy (non-hydrogen) atoms. The van der Waals surface area contributed by atoms with E-state index >= 15 is 0 Å². The average molecular weight is 459 g/mol. The summed E-state index contributed by atoms with van der Waals surface area (Å²) in [6.07, 6.45) is 2.69. The van der Waals surface area contributed by atoms with Gasteiger partial charge in [-0.3, -0.25) is 9.59 Å². The van der Waals surface area contributed by atoms with Crippen LogP contribution in [-0.4, -0.2) is 21.1 Å². The fraction of sp³-hybridized carbons (Fsp3) is 0.143. The summed E-state index contributed by atoms with van der Waals surface area (Å²) >= 11 is 0. The predicted molar refractivity (Wildman–Crippen MR) is 132 cm³/mol. The Labute approximate surface area is 197 Å². The van der Waals surface area contributed by atoms with Crippen molar-refractivity contribution < 1.29 is 24.5 Å². The lowest BCUT2D eigenvalue weighted by Crippen LogP contribution is -2.00. The summed E-state index contributed by atoms with van der Waals surface area (Å²) in [4.78, 5) is 23.2. The minimum Gasteiger partial charge on any atom is -0.508 e. The number of carbonyl (C=O) groups excluding carboxylic acids is 1. The zero-order valence-corrected chi connectivity index (χ0v) is 19.2. The monoisotopic (exact) mass is 458 g/mol. The van der Waals surface area contributed by atoms with Crippen molar-refractivity contribution >= 4 is 16.8 Å². The lowest BCUT2D eigenvalue weighted by Gasteiger charge is -2.04. The van der Waals surface area contributed by atoms with Crippen LogP contribution < -0.4 is 5.43 Å². The van der Waals surface area contributed by atoms with Crippen molar-refractivity contribution in [3.8, 4) is 28.6 Å². The minimum atomic E-state index is -0.349. The Morgan fingerprint density at radius 1 is 0.882 bits per heavy atom. The third-order valence-electron chi connectivity index (χ3n) is 5.07. The number of aromatic hydroxyl groups is 3. The molecule has 6 heteroatoms. The summed E-state index contributed by atoms with van der Waals surface area (Å²) in [5, 5.41) is 28.8. The van der Waals surface area contributed by atoms with Gasteiger partial charge in [0.1, 0.15) is 34.0 Å². The van der Waals surface area contributed by atoms with Gasteiger partial charge in [-0.2, -0.15) is 0 Å². The Morgan fingerprint density at radius 3 is 2.24 bits per heavy atom. The summed E-state index contributed by atoms with van der Waals surface area (Å²) in [5.74, 6) is 0.218. The smallest absolute Gasteiger partial charge is 0.197 e. The molecule has 0 aliphatic heterocycles. The third kappa shape index (κ3) is 5.92. The highest BCUT2D eigenvalue weighted by atomic mass is 16.3. The first-order valence-corrected chi connectivity index (χ1v) is 10.7. The SMILES string of the molecule is CC(=O)c1ccc(O)c(CC=C(C)C)c1.O=c1cc(-c2ccccc2)oc2cc(O)cc(O)c12. The molecule has 4 aromatic rings. The molecule has 0 atom stereocenters. The molecule has 0 saturated carbocycles. The van der Waals surface area contributed by atoms with Crippen LogP contribution in [0, 0.1) is 0 Å². The van der Waals surface area contributed by atoms with Gasteiger partial charge < -0.3 is 19.7 Å². The van der Waals surface area contributed by atoms with Crippen molar-refractivity contribution in [1.29, 1.82) is 0 Å². The topological polar surface area (TPSA) is 108 Å². The summed E-state index contributed by atoms with van der Waals surface area (Å²) in [6.45, 7) is 5.54. The molecule has 174 valence electrons. The van der Waals surface area contributed by atoms with Crippen molar-refractivity contribution in [1.82, 2.24) is 0 Å². The van der Waals surface area contributed by atoms with E-state index in [2.05, 4.69) is 0 Å². The van der Waals surface area contributed by atoms with Gasteiger partial charge in [0.15, 0.2) is 11.2 Å². The highest BCUT2D eigenvalue weighted by molar-refractivity contribution is 5.94. The quantitative estimate of drug-likeness (QED) is 0.257. The molecule has 0 saturated heterocycles. The first-order chi connectivity index (χ1) is 16.2. The zero-order valence-electron chi connectivity index (χ0n) is 19.2. The van der Waals surface area contributed by atoms with E-state index < -0.39 is 0 Å². The lowest BCUT2D eigenvalue weighted by atomic mass is 10.0. The number of Topliss-reactive ketones (excluding diaryl/α,β-unsaturated/α-hetero) is 1. The Bertz CT molecular complexity index is 1410. The molecular weight excluding hydrogens is 432 g/mol. The van der Waals surface area contributed by atoms with Crippen molar-refractivity contribution in [2.45, 2.75) is 27.2 Å². The molecule has 0 aliphatic carbocycles. The fourth-order valence-electron chi connectivity index (χ4n) is 3.28. The van der Waals surface area contributed by atoms with E-state index in [-0.39, 0.29) is 39.4 Å². The standard InChI is InChI=1S/C15H10O4.C13H16O2/c16-10-6-11(17)15-12(18)8-13(19-14(15)7-10)9-4-2-1-3-5-9;1-9(2)4-5-12-8-11(10(3)14)6-7-13(12)15/h1-8,16-17H;4,6-8,15H,5H2,1-3H3. The second-order valence-corrected chi connectivity index (χ2v) is 8.06. The highest BCUT2D eigenvalue weighted by Crippen LogP contribution is 2.30. The molecule has 3 N–H and O–H groups in total. The molecule has 6 nitrogen and oxygen atoms in total. The van der Waals surface area contributed by atoms with Gasteiger partial charge >= 0.3 is 0 Å². The van der Waals surface area contributed by atoms with Crippen LogP contribution in [0.25, 0.3) is 22.3 Å². The van der Waals surface area contributed by atoms with Crippen LogP contribution in [0.3, 0.4) is 0 Å². The predicted octanol–water partition coefficient (Wildman–Crippen LogP) is 5.97. The maximum Gasteiger partial charge on any atom is 0.197 e. The number of fused-ring (bicyclic) bond motifs is 1. The number of hydrogen-bond acceptors (Lipinski definition) is 6. The second-order valence-electron chi connectivity index (χ2n) is 8.06. The van der Waals surface area contributed by atoms with E-state index in [1.165, 1.54) is 24.6 Å². The van der Waals surface area contributed by atoms with Gasteiger partial charge in [-0.05, 0) is 51.0 Å². The normalized spacial score (nSPS) is 10.3. The van der Waals surface area contributed by atoms with E-state index in [0.717, 1.165) is 17.2 Å². The van der Waals surface area contributed by atoms with E-state index in [1.807, 2.05) is 50.3 Å². The molecule has 1 aromatic heterocycles. The largest absolute Gasteiger partial charge is 0.508 e. The second kappa shape index (κ2) is 10.5. The number of phenols is 3. The van der Waals surface area contributed by atoms with E-state index in [1.54, 1.807) is 18.2 Å². The molecular formula is C28H26O6. The molecule has 0 aliphatic rings. The van der Waals surface area contributed by atoms with E-state index in [4.69, 9.17) is 4.42 Å². The van der Waals surface area contributed by atoms with Gasteiger partial charge in [-0.1, -0.05) is 42.0 Å². The first-order valence-electron chi connectivity index (χ1n) is 10.7. The zero-order chi connectivity index (χ0) is 24.8. The van der Waals surface area contributed by atoms with Crippen LogP contribution in [0.4, 0.5) is 0 Å². The van der Waals surface area contributed by atoms with Crippen molar-refractivity contribution in [2.24, 2.45) is 0 Å². The van der Waals surface area contributed by atoms with Crippen LogP contribution in [-0.2, 0) is 6.42 Å². The molecule has 4 rings (SSSR count). The Hall–Kier alpha value is -4.32. The third-order valence-corrected chi connectivity index (χ3v) is 5.07. The molecule has 3 aromatic carbocycles. The molecule has 0 spiro atoms. The van der Waals surface area contributed by atoms with Gasteiger partial charge in [-0.15, -0.1) is 0 Å². The van der Waals surface area contributed by atoms with Gasteiger partial charge in [0.2, 0.25) is 0 Å². The number of phenolic OH excluding ortho intramolecular Hbond substituents is 3. The molecule has 0 amide bonds. The number of allylic oxidation sites excluding steroid dienone is 2. The Morgan fingerprint density at radius 2 is 1.59 bits per heavy atom. The average Bonchev–Trinajstić information content (AvgIpc) is 2.78. The Balaban J connectivity index is 0.000000197. The number of carbonyl (C=O) groups is 1. The van der Waals surface area contributed by atoms with Gasteiger partial charge in [0.05, 0.1) is 0 Å². The number of hydrogen-bond donors (Lipinski definition) is 3. The first kappa shape index (κ1) is 24.3. The van der Waals surface area contributed by atoms with Crippen LogP contribution in [0.15, 0.2) is 87.6 Å². The molecule has 0 bridgehead atoms. The fourth-order valence-corrected chi connectivity index (χ4v) is 3.28. The van der Waals surface area contributed by atoms with Gasteiger partial charge in [-0.25, -0.2) is 0 Å². The maximum atomic E-state index is 12.0. The van der Waals surface area contributed by atoms with Gasteiger partial charge in [0.25, 0.3) is 0 Å². The maximum absolute atomic E-state index is 12.0. The summed E-state index contributed by atoms with van der Waals surface area (Å²) in [5.41, 5.74) is 3.20. The molecule has 0 fully saturated rings. The van der Waals surface area contributed by atoms with Gasteiger partial charge in [0, 0.05) is 29.3 Å². The van der Waals surface area contributed by atoms with Crippen LogP contribution in [0.1, 0.15) is 36.7 Å². The lowest BCUT2D eigenvalue weighted by molar-refractivity contribution is 0.101. The molecule has 1 heterocycles. The summed E-state index contributed by atoms with van der Waals surface area (Å²) in [6, 6.07) is 17.9. The summed E-state index contributed by atoms with van der Waals surface area (Å²) in [7, 11) is 0. The highest BCUT2D eigenvalue weighted by Gasteiger charge is 2.11. The minimum absolute atomic E-state index is 0.0217. The number of ketones is 1. The van der Waals surface area contributed by atoms with Crippen LogP contribution >= 0.6 is 0 Å². The summed E-state index contributed by atoms with van der Waals surface area (Å²) < 4.78 is 5.57. The van der Waals surface area contributed by atoms with Crippen molar-refractivity contribution in [3.05, 3.63) is 99.7 Å². The van der Waals surface area contributed by atoms with E-state index in [0.29, 0.717) is 17.7 Å². The van der Waals surface area contributed by atoms with Crippen molar-refractivity contribution in [2.75, 3.05) is 0 Å².